The Morgan fingerprint density at radius 1 is 0.762 bits per heavy atom. The zero-order chi connectivity index (χ0) is 14.6. The number of hydrogen-bond donors (Lipinski definition) is 0. The molecule has 21 heavy (non-hydrogen) atoms. The predicted molar refractivity (Wildman–Crippen MR) is 87.7 cm³/mol. The molecule has 0 N–H and O–H groups in total. The molecule has 0 aromatic heterocycles. The van der Waals surface area contributed by atoms with E-state index >= 15 is 0 Å². The number of rotatable bonds is 5. The monoisotopic (exact) mass is 355 g/mol. The molecule has 0 spiro atoms. The van der Waals surface area contributed by atoms with Crippen LogP contribution in [-0.2, 0) is 45.6 Å². The van der Waals surface area contributed by atoms with Gasteiger partial charge in [-0.05, 0) is 12.3 Å². The van der Waals surface area contributed by atoms with Crippen LogP contribution < -0.4 is 0 Å². The minimum absolute atomic E-state index is 0. The molecule has 0 nitrogen and oxygen atoms in total. The molecule has 2 rings (SSSR count). The van der Waals surface area contributed by atoms with Gasteiger partial charge in [0.25, 0.3) is 0 Å². The Morgan fingerprint density at radius 3 is 1.52 bits per heavy atom. The Labute approximate surface area is 156 Å². The molecule has 0 amide bonds. The molecule has 0 aliphatic heterocycles. The van der Waals surface area contributed by atoms with Gasteiger partial charge in [0.15, 0.2) is 0 Å². The number of aryl methyl sites for hydroxylation is 1. The Bertz CT molecular complexity index is 432. The van der Waals surface area contributed by atoms with E-state index in [4.69, 9.17) is 0 Å². The number of hydrogen-bond acceptors (Lipinski definition) is 0. The van der Waals surface area contributed by atoms with Crippen molar-refractivity contribution < 1.29 is 32.7 Å². The minimum atomic E-state index is 0. The molecule has 0 atom stereocenters. The fraction of sp³-hybridized carbons (Fsp3) is 0.400. The molecule has 0 unspecified atom stereocenters. The van der Waals surface area contributed by atoms with E-state index in [0.29, 0.717) is 0 Å². The summed E-state index contributed by atoms with van der Waals surface area (Å²) in [5, 5.41) is 0. The van der Waals surface area contributed by atoms with Crippen molar-refractivity contribution in [2.75, 3.05) is 0 Å². The smallest absolute Gasteiger partial charge is 0 e. The van der Waals surface area contributed by atoms with Gasteiger partial charge in [0, 0.05) is 32.7 Å². The van der Waals surface area contributed by atoms with Crippen molar-refractivity contribution in [3.63, 3.8) is 0 Å². The predicted octanol–water partition coefficient (Wildman–Crippen LogP) is 5.51. The summed E-state index contributed by atoms with van der Waals surface area (Å²) in [6.07, 6.45) is 4.92. The molecule has 111 valence electrons. The molecule has 2 aromatic carbocycles. The minimum Gasteiger partial charge on any atom is -0.184 e. The second-order valence-corrected chi connectivity index (χ2v) is 5.06. The Morgan fingerprint density at radius 2 is 1.19 bits per heavy atom. The van der Waals surface area contributed by atoms with Crippen LogP contribution >= 0.6 is 0 Å². The summed E-state index contributed by atoms with van der Waals surface area (Å²) < 4.78 is 0. The summed E-state index contributed by atoms with van der Waals surface area (Å²) in [6, 6.07) is 22.4. The van der Waals surface area contributed by atoms with Crippen LogP contribution in [0.25, 0.3) is 0 Å². The van der Waals surface area contributed by atoms with Crippen LogP contribution in [0.2, 0.25) is 0 Å². The average Bonchev–Trinajstić information content (AvgIpc) is 2.55. The van der Waals surface area contributed by atoms with Gasteiger partial charge in [-0.3, -0.25) is 0 Å². The average molecular weight is 355 g/mol. The fourth-order valence-corrected chi connectivity index (χ4v) is 2.13. The second kappa shape index (κ2) is 13.2. The first kappa shape index (κ1) is 20.5. The van der Waals surface area contributed by atoms with Crippen molar-refractivity contribution in [1.29, 1.82) is 0 Å². The van der Waals surface area contributed by atoms with Gasteiger partial charge in [-0.1, -0.05) is 40.0 Å². The first-order valence-corrected chi connectivity index (χ1v) is 7.70. The molecule has 0 saturated carbocycles. The molecule has 1 radical (unpaired) electrons. The van der Waals surface area contributed by atoms with Crippen molar-refractivity contribution in [2.45, 2.75) is 46.5 Å². The van der Waals surface area contributed by atoms with E-state index in [9.17, 15) is 0 Å². The standard InChI is InChI=1S/C12H17.C8H9.Y/c1-3-11(4-2)10-12-8-6-5-7-9-12;1-2-8-6-4-3-5-7-8;/h6-9,11H,3-4,10H2,1-2H3;4-7H,2H2,1H3;/q2*-1;. The summed E-state index contributed by atoms with van der Waals surface area (Å²) in [5.74, 6) is 0.854. The zero-order valence-corrected chi connectivity index (χ0v) is 16.4. The van der Waals surface area contributed by atoms with E-state index in [-0.39, 0.29) is 32.7 Å². The van der Waals surface area contributed by atoms with E-state index in [2.05, 4.69) is 57.2 Å². The maximum absolute atomic E-state index is 3.04. The Hall–Kier alpha value is -0.456. The maximum atomic E-state index is 3.04. The Kier molecular flexibility index (Phi) is 12.9. The summed E-state index contributed by atoms with van der Waals surface area (Å²) in [6.45, 7) is 6.68. The third-order valence-electron chi connectivity index (χ3n) is 3.66. The molecular weight excluding hydrogens is 329 g/mol. The van der Waals surface area contributed by atoms with Crippen LogP contribution in [0.5, 0.6) is 0 Å². The molecule has 0 saturated heterocycles. The largest absolute Gasteiger partial charge is 0.184 e. The van der Waals surface area contributed by atoms with Gasteiger partial charge in [-0.15, -0.1) is 0 Å². The first-order chi connectivity index (χ1) is 9.80. The topological polar surface area (TPSA) is 0 Å². The Balaban J connectivity index is 0.000000390. The van der Waals surface area contributed by atoms with Gasteiger partial charge in [-0.25, -0.2) is 0 Å². The third kappa shape index (κ3) is 9.22. The molecule has 0 aliphatic rings. The van der Waals surface area contributed by atoms with E-state index in [1.165, 1.54) is 30.4 Å². The molecule has 1 heteroatoms. The van der Waals surface area contributed by atoms with E-state index < -0.39 is 0 Å². The SMILES string of the molecule is CCC(CC)Cc1cc[c-]cc1.CCc1cc[c-]cc1.[Y]. The van der Waals surface area contributed by atoms with Crippen molar-refractivity contribution in [2.24, 2.45) is 5.92 Å². The van der Waals surface area contributed by atoms with Crippen LogP contribution in [-0.4, -0.2) is 0 Å². The molecule has 0 heterocycles. The van der Waals surface area contributed by atoms with E-state index in [1.54, 1.807) is 0 Å². The van der Waals surface area contributed by atoms with E-state index in [0.717, 1.165) is 12.3 Å². The molecule has 2 aromatic rings. The number of benzene rings is 2. The third-order valence-corrected chi connectivity index (χ3v) is 3.66. The van der Waals surface area contributed by atoms with Crippen molar-refractivity contribution in [1.82, 2.24) is 0 Å². The maximum Gasteiger partial charge on any atom is 0 e. The quantitative estimate of drug-likeness (QED) is 0.620. The first-order valence-electron chi connectivity index (χ1n) is 7.70. The van der Waals surface area contributed by atoms with Crippen LogP contribution in [0.15, 0.2) is 48.5 Å². The van der Waals surface area contributed by atoms with Crippen LogP contribution in [0.4, 0.5) is 0 Å². The van der Waals surface area contributed by atoms with Crippen LogP contribution in [0, 0.1) is 18.1 Å². The van der Waals surface area contributed by atoms with Crippen molar-refractivity contribution in [3.8, 4) is 0 Å². The summed E-state index contributed by atoms with van der Waals surface area (Å²) in [4.78, 5) is 0. The van der Waals surface area contributed by atoms with E-state index in [1.807, 2.05) is 24.3 Å². The fourth-order valence-electron chi connectivity index (χ4n) is 2.13. The van der Waals surface area contributed by atoms with Crippen LogP contribution in [0.3, 0.4) is 0 Å². The van der Waals surface area contributed by atoms with Gasteiger partial charge in [0.1, 0.15) is 0 Å². The van der Waals surface area contributed by atoms with Gasteiger partial charge >= 0.3 is 0 Å². The van der Waals surface area contributed by atoms with Gasteiger partial charge < -0.3 is 0 Å². The summed E-state index contributed by atoms with van der Waals surface area (Å²) in [5.41, 5.74) is 2.83. The molecule has 0 aliphatic carbocycles. The van der Waals surface area contributed by atoms with Gasteiger partial charge in [0.2, 0.25) is 0 Å². The normalized spacial score (nSPS) is 9.52. The molecular formula is C20H26Y-2. The molecule has 0 fully saturated rings. The van der Waals surface area contributed by atoms with Gasteiger partial charge in [-0.2, -0.15) is 71.8 Å². The van der Waals surface area contributed by atoms with Gasteiger partial charge in [0.05, 0.1) is 0 Å². The van der Waals surface area contributed by atoms with Crippen molar-refractivity contribution in [3.05, 3.63) is 71.8 Å². The summed E-state index contributed by atoms with van der Waals surface area (Å²) >= 11 is 0. The van der Waals surface area contributed by atoms with Crippen molar-refractivity contribution >= 4 is 0 Å². The second-order valence-electron chi connectivity index (χ2n) is 5.06. The summed E-state index contributed by atoms with van der Waals surface area (Å²) in [7, 11) is 0. The van der Waals surface area contributed by atoms with Crippen LogP contribution in [0.1, 0.15) is 44.7 Å². The zero-order valence-electron chi connectivity index (χ0n) is 13.6. The molecule has 0 bridgehead atoms.